The molecule has 0 aromatic heterocycles. The third-order valence-electron chi connectivity index (χ3n) is 0.919. The number of hydrogen-bond acceptors (Lipinski definition) is 5. The summed E-state index contributed by atoms with van der Waals surface area (Å²) in [6.07, 6.45) is -2.47. The normalized spacial score (nSPS) is 11.8. The van der Waals surface area contributed by atoms with Gasteiger partial charge in [0.15, 0.2) is 0 Å². The van der Waals surface area contributed by atoms with Crippen molar-refractivity contribution in [3.8, 4) is 0 Å². The topological polar surface area (TPSA) is 111 Å². The van der Waals surface area contributed by atoms with Crippen LogP contribution in [0.2, 0.25) is 0 Å². The molecule has 0 spiro atoms. The molecule has 0 aliphatic heterocycles. The second-order valence-corrected chi connectivity index (χ2v) is 1.78. The maximum absolute atomic E-state index is 10.8. The van der Waals surface area contributed by atoms with Crippen molar-refractivity contribution in [2.24, 2.45) is 5.73 Å². The standard InChI is InChI=1S/C5H10N2O5/c1-11-7-4(9)3(2-8)12-5(6)10/h3,8H,2H2,1H3,(H2,6,10)(H,7,9)/t3-/m1/s1. The zero-order chi connectivity index (χ0) is 9.56. The Hall–Kier alpha value is -1.34. The number of hydrogen-bond donors (Lipinski definition) is 3. The van der Waals surface area contributed by atoms with Crippen LogP contribution in [-0.2, 0) is 14.4 Å². The van der Waals surface area contributed by atoms with Crippen molar-refractivity contribution < 1.29 is 24.3 Å². The average molecular weight is 178 g/mol. The van der Waals surface area contributed by atoms with Crippen LogP contribution in [0.3, 0.4) is 0 Å². The van der Waals surface area contributed by atoms with Gasteiger partial charge in [-0.05, 0) is 0 Å². The lowest BCUT2D eigenvalue weighted by Crippen LogP contribution is -2.40. The molecule has 2 amide bonds. The zero-order valence-electron chi connectivity index (χ0n) is 6.44. The smallest absolute Gasteiger partial charge is 0.405 e. The predicted octanol–water partition coefficient (Wildman–Crippen LogP) is -1.88. The Kier molecular flexibility index (Phi) is 4.73. The first-order chi connectivity index (χ1) is 5.61. The summed E-state index contributed by atoms with van der Waals surface area (Å²) in [4.78, 5) is 25.2. The van der Waals surface area contributed by atoms with E-state index in [9.17, 15) is 9.59 Å². The maximum Gasteiger partial charge on any atom is 0.405 e. The minimum atomic E-state index is -1.33. The average Bonchev–Trinajstić information content (AvgIpc) is 2.00. The van der Waals surface area contributed by atoms with Gasteiger partial charge < -0.3 is 15.6 Å². The quantitative estimate of drug-likeness (QED) is 0.436. The molecular formula is C5H10N2O5. The van der Waals surface area contributed by atoms with Gasteiger partial charge in [-0.2, -0.15) is 0 Å². The molecule has 0 rings (SSSR count). The van der Waals surface area contributed by atoms with Gasteiger partial charge in [0.25, 0.3) is 5.91 Å². The summed E-state index contributed by atoms with van der Waals surface area (Å²) in [6, 6.07) is 0. The maximum atomic E-state index is 10.8. The van der Waals surface area contributed by atoms with Gasteiger partial charge in [0.05, 0.1) is 13.7 Å². The number of nitrogens with two attached hydrogens (primary N) is 1. The molecule has 0 bridgehead atoms. The molecule has 0 aliphatic carbocycles. The fourth-order valence-electron chi connectivity index (χ4n) is 0.480. The Morgan fingerprint density at radius 3 is 2.58 bits per heavy atom. The van der Waals surface area contributed by atoms with Crippen molar-refractivity contribution in [3.05, 3.63) is 0 Å². The number of primary amides is 1. The van der Waals surface area contributed by atoms with Crippen LogP contribution in [0.4, 0.5) is 4.79 Å². The van der Waals surface area contributed by atoms with E-state index in [1.165, 1.54) is 7.11 Å². The minimum absolute atomic E-state index is 0.655. The summed E-state index contributed by atoms with van der Waals surface area (Å²) in [5.41, 5.74) is 6.48. The van der Waals surface area contributed by atoms with Gasteiger partial charge in [0.2, 0.25) is 6.10 Å². The highest BCUT2D eigenvalue weighted by atomic mass is 16.6. The SMILES string of the molecule is CONC(=O)[C@@H](CO)OC(N)=O. The van der Waals surface area contributed by atoms with Crippen LogP contribution in [0.25, 0.3) is 0 Å². The first-order valence-corrected chi connectivity index (χ1v) is 3.01. The van der Waals surface area contributed by atoms with Crippen molar-refractivity contribution in [2.75, 3.05) is 13.7 Å². The van der Waals surface area contributed by atoms with Crippen molar-refractivity contribution in [1.29, 1.82) is 0 Å². The summed E-state index contributed by atoms with van der Waals surface area (Å²) in [5, 5.41) is 8.52. The molecule has 0 heterocycles. The lowest BCUT2D eigenvalue weighted by Gasteiger charge is -2.11. The summed E-state index contributed by atoms with van der Waals surface area (Å²) in [6.45, 7) is -0.655. The molecule has 12 heavy (non-hydrogen) atoms. The number of carbonyl (C=O) groups excluding carboxylic acids is 2. The van der Waals surface area contributed by atoms with Gasteiger partial charge in [0.1, 0.15) is 0 Å². The number of aliphatic hydroxyl groups is 1. The van der Waals surface area contributed by atoms with Gasteiger partial charge in [-0.25, -0.2) is 10.3 Å². The third-order valence-corrected chi connectivity index (χ3v) is 0.919. The fourth-order valence-corrected chi connectivity index (χ4v) is 0.480. The number of ether oxygens (including phenoxy) is 1. The first kappa shape index (κ1) is 10.7. The van der Waals surface area contributed by atoms with E-state index in [-0.39, 0.29) is 0 Å². The molecule has 0 aliphatic rings. The number of rotatable bonds is 4. The number of amides is 2. The number of carbonyl (C=O) groups is 2. The lowest BCUT2D eigenvalue weighted by atomic mass is 10.4. The molecule has 0 aromatic carbocycles. The van der Waals surface area contributed by atoms with E-state index in [0.29, 0.717) is 0 Å². The van der Waals surface area contributed by atoms with Crippen molar-refractivity contribution in [3.63, 3.8) is 0 Å². The Morgan fingerprint density at radius 1 is 1.67 bits per heavy atom. The lowest BCUT2D eigenvalue weighted by molar-refractivity contribution is -0.141. The second kappa shape index (κ2) is 5.33. The van der Waals surface area contributed by atoms with E-state index < -0.39 is 24.7 Å². The van der Waals surface area contributed by atoms with Crippen LogP contribution in [0.15, 0.2) is 0 Å². The summed E-state index contributed by atoms with van der Waals surface area (Å²) in [7, 11) is 1.20. The van der Waals surface area contributed by atoms with Crippen molar-refractivity contribution >= 4 is 12.0 Å². The van der Waals surface area contributed by atoms with Gasteiger partial charge in [-0.3, -0.25) is 9.63 Å². The second-order valence-electron chi connectivity index (χ2n) is 1.78. The molecule has 0 saturated carbocycles. The van der Waals surface area contributed by atoms with Gasteiger partial charge in [0, 0.05) is 0 Å². The highest BCUT2D eigenvalue weighted by molar-refractivity contribution is 5.82. The number of hydroxylamine groups is 1. The third kappa shape index (κ3) is 3.74. The summed E-state index contributed by atoms with van der Waals surface area (Å²) >= 11 is 0. The molecular weight excluding hydrogens is 168 g/mol. The molecule has 1 atom stereocenters. The predicted molar refractivity (Wildman–Crippen MR) is 36.7 cm³/mol. The van der Waals surface area contributed by atoms with E-state index in [1.807, 2.05) is 5.48 Å². The van der Waals surface area contributed by atoms with Crippen LogP contribution in [0.5, 0.6) is 0 Å². The molecule has 0 aromatic rings. The summed E-state index contributed by atoms with van der Waals surface area (Å²) in [5.74, 6) is -0.779. The van der Waals surface area contributed by atoms with Gasteiger partial charge in [-0.15, -0.1) is 0 Å². The van der Waals surface area contributed by atoms with Gasteiger partial charge >= 0.3 is 6.09 Å². The van der Waals surface area contributed by atoms with Crippen LogP contribution in [0.1, 0.15) is 0 Å². The van der Waals surface area contributed by atoms with Crippen LogP contribution < -0.4 is 11.2 Å². The molecule has 0 saturated heterocycles. The first-order valence-electron chi connectivity index (χ1n) is 3.01. The largest absolute Gasteiger partial charge is 0.434 e. The Labute approximate surface area is 68.4 Å². The molecule has 0 radical (unpaired) electrons. The van der Waals surface area contributed by atoms with Gasteiger partial charge in [-0.1, -0.05) is 0 Å². The number of nitrogens with one attached hydrogen (secondary N) is 1. The Bertz CT molecular complexity index is 171. The highest BCUT2D eigenvalue weighted by Gasteiger charge is 2.20. The monoisotopic (exact) mass is 178 g/mol. The Morgan fingerprint density at radius 2 is 2.25 bits per heavy atom. The fraction of sp³-hybridized carbons (Fsp3) is 0.600. The van der Waals surface area contributed by atoms with Crippen LogP contribution in [-0.4, -0.2) is 36.9 Å². The van der Waals surface area contributed by atoms with Crippen LogP contribution >= 0.6 is 0 Å². The zero-order valence-corrected chi connectivity index (χ0v) is 6.44. The molecule has 70 valence electrons. The van der Waals surface area contributed by atoms with Crippen molar-refractivity contribution in [2.45, 2.75) is 6.10 Å². The van der Waals surface area contributed by atoms with E-state index in [0.717, 1.165) is 0 Å². The van der Waals surface area contributed by atoms with E-state index in [1.54, 1.807) is 0 Å². The molecule has 0 unspecified atom stereocenters. The number of aliphatic hydroxyl groups excluding tert-OH is 1. The van der Waals surface area contributed by atoms with Crippen molar-refractivity contribution in [1.82, 2.24) is 5.48 Å². The van der Waals surface area contributed by atoms with E-state index in [2.05, 4.69) is 15.3 Å². The van der Waals surface area contributed by atoms with E-state index in [4.69, 9.17) is 5.11 Å². The molecule has 0 fully saturated rings. The highest BCUT2D eigenvalue weighted by Crippen LogP contribution is 1.90. The minimum Gasteiger partial charge on any atom is -0.434 e. The van der Waals surface area contributed by atoms with E-state index >= 15 is 0 Å². The van der Waals surface area contributed by atoms with Crippen LogP contribution in [0, 0.1) is 0 Å². The molecule has 4 N–H and O–H groups in total. The summed E-state index contributed by atoms with van der Waals surface area (Å²) < 4.78 is 4.21. The molecule has 7 nitrogen and oxygen atoms in total. The Balaban J connectivity index is 3.96. The molecule has 7 heteroatoms.